The number of anilines is 1. The summed E-state index contributed by atoms with van der Waals surface area (Å²) >= 11 is 4.79. The number of hydrogen-bond donors (Lipinski definition) is 1. The second-order valence-corrected chi connectivity index (χ2v) is 7.04. The standard InChI is InChI=1S/C13H12BrF3N2OS/c14-9-5-8(3-4-10(9)20-13(15,16)17)19-12-18-6-11(21-12)7-1-2-7/h3-5,7,11H,1-2,6H2,(H,18,19). The van der Waals surface area contributed by atoms with Crippen LogP contribution in [0.25, 0.3) is 0 Å². The number of nitrogens with zero attached hydrogens (tertiary/aromatic N) is 1. The highest BCUT2D eigenvalue weighted by molar-refractivity contribution is 9.10. The summed E-state index contributed by atoms with van der Waals surface area (Å²) in [5.41, 5.74) is 0.680. The summed E-state index contributed by atoms with van der Waals surface area (Å²) in [5, 5.41) is 4.50. The van der Waals surface area contributed by atoms with Gasteiger partial charge in [-0.15, -0.1) is 13.2 Å². The fourth-order valence-electron chi connectivity index (χ4n) is 2.08. The Balaban J connectivity index is 1.62. The van der Waals surface area contributed by atoms with E-state index < -0.39 is 6.36 Å². The van der Waals surface area contributed by atoms with Crippen LogP contribution in [0.5, 0.6) is 5.75 Å². The first-order valence-electron chi connectivity index (χ1n) is 6.44. The fourth-order valence-corrected chi connectivity index (χ4v) is 3.77. The van der Waals surface area contributed by atoms with E-state index in [-0.39, 0.29) is 10.2 Å². The lowest BCUT2D eigenvalue weighted by atomic mass is 10.3. The zero-order chi connectivity index (χ0) is 15.0. The number of halogens is 4. The van der Waals surface area contributed by atoms with E-state index in [1.54, 1.807) is 23.9 Å². The molecule has 0 spiro atoms. The molecule has 0 aromatic heterocycles. The van der Waals surface area contributed by atoms with Gasteiger partial charge in [-0.05, 0) is 52.9 Å². The van der Waals surface area contributed by atoms with Crippen LogP contribution in [-0.2, 0) is 0 Å². The number of amidine groups is 1. The molecule has 1 atom stereocenters. The number of thioether (sulfide) groups is 1. The molecule has 1 aliphatic heterocycles. The van der Waals surface area contributed by atoms with E-state index in [0.29, 0.717) is 10.9 Å². The lowest BCUT2D eigenvalue weighted by molar-refractivity contribution is -0.274. The molecular weight excluding hydrogens is 369 g/mol. The van der Waals surface area contributed by atoms with Crippen LogP contribution in [0, 0.1) is 5.92 Å². The third kappa shape index (κ3) is 4.06. The molecule has 0 amide bonds. The first-order chi connectivity index (χ1) is 9.90. The van der Waals surface area contributed by atoms with Gasteiger partial charge in [0, 0.05) is 10.9 Å². The summed E-state index contributed by atoms with van der Waals surface area (Å²) in [4.78, 5) is 4.43. The molecule has 21 heavy (non-hydrogen) atoms. The van der Waals surface area contributed by atoms with Crippen molar-refractivity contribution in [1.29, 1.82) is 0 Å². The molecule has 2 aliphatic rings. The Labute approximate surface area is 132 Å². The van der Waals surface area contributed by atoms with Crippen LogP contribution in [0.1, 0.15) is 12.8 Å². The van der Waals surface area contributed by atoms with E-state index in [9.17, 15) is 13.2 Å². The number of ether oxygens (including phenoxy) is 1. The Kier molecular flexibility index (Phi) is 4.09. The first kappa shape index (κ1) is 15.0. The lowest BCUT2D eigenvalue weighted by Crippen LogP contribution is -2.17. The van der Waals surface area contributed by atoms with Crippen molar-refractivity contribution in [3.05, 3.63) is 22.7 Å². The molecule has 114 valence electrons. The van der Waals surface area contributed by atoms with Gasteiger partial charge in [-0.1, -0.05) is 11.8 Å². The summed E-state index contributed by atoms with van der Waals surface area (Å²) in [6.45, 7) is 0.814. The van der Waals surface area contributed by atoms with E-state index in [1.165, 1.54) is 18.9 Å². The van der Waals surface area contributed by atoms with Crippen molar-refractivity contribution < 1.29 is 17.9 Å². The zero-order valence-electron chi connectivity index (χ0n) is 10.8. The monoisotopic (exact) mass is 380 g/mol. The molecule has 1 saturated carbocycles. The van der Waals surface area contributed by atoms with Crippen molar-refractivity contribution in [2.45, 2.75) is 24.5 Å². The van der Waals surface area contributed by atoms with Gasteiger partial charge in [0.15, 0.2) is 5.17 Å². The number of aliphatic imine (C=N–C) groups is 1. The molecular formula is C13H12BrF3N2OS. The number of rotatable bonds is 3. The molecule has 1 fully saturated rings. The van der Waals surface area contributed by atoms with Crippen LogP contribution < -0.4 is 10.1 Å². The van der Waals surface area contributed by atoms with Crippen molar-refractivity contribution in [1.82, 2.24) is 0 Å². The second kappa shape index (κ2) is 5.72. The maximum atomic E-state index is 12.2. The van der Waals surface area contributed by atoms with Gasteiger partial charge in [0.1, 0.15) is 5.75 Å². The lowest BCUT2D eigenvalue weighted by Gasteiger charge is -2.12. The van der Waals surface area contributed by atoms with E-state index >= 15 is 0 Å². The molecule has 1 aromatic carbocycles. The molecule has 0 saturated heterocycles. The molecule has 0 radical (unpaired) electrons. The first-order valence-corrected chi connectivity index (χ1v) is 8.11. The number of benzene rings is 1. The summed E-state index contributed by atoms with van der Waals surface area (Å²) in [6.07, 6.45) is -2.15. The summed E-state index contributed by atoms with van der Waals surface area (Å²) in [7, 11) is 0. The summed E-state index contributed by atoms with van der Waals surface area (Å²) in [5.74, 6) is 0.511. The molecule has 0 bridgehead atoms. The zero-order valence-corrected chi connectivity index (χ0v) is 13.2. The maximum Gasteiger partial charge on any atom is 0.573 e. The Morgan fingerprint density at radius 2 is 2.10 bits per heavy atom. The number of alkyl halides is 3. The van der Waals surface area contributed by atoms with Gasteiger partial charge >= 0.3 is 6.36 Å². The van der Waals surface area contributed by atoms with Crippen molar-refractivity contribution in [2.24, 2.45) is 10.9 Å². The van der Waals surface area contributed by atoms with Crippen molar-refractivity contribution >= 4 is 38.5 Å². The van der Waals surface area contributed by atoms with Gasteiger partial charge in [0.2, 0.25) is 0 Å². The van der Waals surface area contributed by atoms with Crippen LogP contribution in [-0.4, -0.2) is 23.3 Å². The van der Waals surface area contributed by atoms with Gasteiger partial charge in [-0.25, -0.2) is 0 Å². The smallest absolute Gasteiger partial charge is 0.405 e. The van der Waals surface area contributed by atoms with Crippen LogP contribution in [0.2, 0.25) is 0 Å². The highest BCUT2D eigenvalue weighted by Gasteiger charge is 2.35. The highest BCUT2D eigenvalue weighted by atomic mass is 79.9. The predicted molar refractivity (Wildman–Crippen MR) is 80.9 cm³/mol. The Morgan fingerprint density at radius 3 is 2.71 bits per heavy atom. The topological polar surface area (TPSA) is 33.6 Å². The average molecular weight is 381 g/mol. The molecule has 1 N–H and O–H groups in total. The minimum atomic E-state index is -4.69. The van der Waals surface area contributed by atoms with E-state index in [0.717, 1.165) is 17.6 Å². The number of hydrogen-bond acceptors (Lipinski definition) is 4. The Bertz CT molecular complexity index is 575. The van der Waals surface area contributed by atoms with Gasteiger partial charge in [0.05, 0.1) is 11.0 Å². The fraction of sp³-hybridized carbons (Fsp3) is 0.462. The van der Waals surface area contributed by atoms with Crippen LogP contribution in [0.15, 0.2) is 27.7 Å². The van der Waals surface area contributed by atoms with Gasteiger partial charge in [0.25, 0.3) is 0 Å². The second-order valence-electron chi connectivity index (χ2n) is 4.96. The third-order valence-corrected chi connectivity index (χ3v) is 5.15. The van der Waals surface area contributed by atoms with Crippen LogP contribution >= 0.6 is 27.7 Å². The molecule has 8 heteroatoms. The third-order valence-electron chi connectivity index (χ3n) is 3.23. The molecule has 1 aliphatic carbocycles. The molecule has 1 heterocycles. The number of nitrogens with one attached hydrogen (secondary N) is 1. The minimum Gasteiger partial charge on any atom is -0.405 e. The largest absolute Gasteiger partial charge is 0.573 e. The van der Waals surface area contributed by atoms with Crippen molar-refractivity contribution in [3.63, 3.8) is 0 Å². The van der Waals surface area contributed by atoms with Crippen LogP contribution in [0.3, 0.4) is 0 Å². The van der Waals surface area contributed by atoms with E-state index in [1.807, 2.05) is 0 Å². The molecule has 1 unspecified atom stereocenters. The Hall–Kier alpha value is -0.890. The highest BCUT2D eigenvalue weighted by Crippen LogP contribution is 2.42. The van der Waals surface area contributed by atoms with Gasteiger partial charge in [-0.3, -0.25) is 4.99 Å². The normalized spacial score (nSPS) is 22.1. The summed E-state index contributed by atoms with van der Waals surface area (Å²) in [6, 6.07) is 4.37. The van der Waals surface area contributed by atoms with Crippen molar-refractivity contribution in [3.8, 4) is 5.75 Å². The quantitative estimate of drug-likeness (QED) is 0.828. The van der Waals surface area contributed by atoms with Gasteiger partial charge < -0.3 is 10.1 Å². The summed E-state index contributed by atoms with van der Waals surface area (Å²) < 4.78 is 40.7. The Morgan fingerprint density at radius 1 is 1.33 bits per heavy atom. The molecule has 1 aromatic rings. The maximum absolute atomic E-state index is 12.2. The van der Waals surface area contributed by atoms with E-state index in [2.05, 4.69) is 31.0 Å². The minimum absolute atomic E-state index is 0.243. The average Bonchev–Trinajstić information content (AvgIpc) is 3.13. The van der Waals surface area contributed by atoms with Crippen molar-refractivity contribution in [2.75, 3.05) is 11.9 Å². The SMILES string of the molecule is FC(F)(F)Oc1ccc(NC2=NCC(C3CC3)S2)cc1Br. The molecule has 3 rings (SSSR count). The van der Waals surface area contributed by atoms with Gasteiger partial charge in [-0.2, -0.15) is 0 Å². The van der Waals surface area contributed by atoms with E-state index in [4.69, 9.17) is 0 Å². The molecule has 3 nitrogen and oxygen atoms in total. The predicted octanol–water partition coefficient (Wildman–Crippen LogP) is 4.64. The van der Waals surface area contributed by atoms with Crippen LogP contribution in [0.4, 0.5) is 18.9 Å².